The molecule has 5 rings (SSSR count). The second-order valence-electron chi connectivity index (χ2n) is 10.1. The van der Waals surface area contributed by atoms with Gasteiger partial charge >= 0.3 is 0 Å². The van der Waals surface area contributed by atoms with Crippen LogP contribution in [-0.2, 0) is 9.84 Å². The molecule has 1 aliphatic rings. The maximum atomic E-state index is 11.5. The van der Waals surface area contributed by atoms with Gasteiger partial charge in [-0.2, -0.15) is 5.10 Å². The Kier molecular flexibility index (Phi) is 6.13. The minimum absolute atomic E-state index is 0.215. The quantitative estimate of drug-likeness (QED) is 0.435. The van der Waals surface area contributed by atoms with E-state index in [2.05, 4.69) is 47.7 Å². The van der Waals surface area contributed by atoms with Crippen LogP contribution in [0, 0.1) is 13.8 Å². The maximum Gasteiger partial charge on any atom is 0.158 e. The van der Waals surface area contributed by atoms with E-state index in [1.807, 2.05) is 16.9 Å². The van der Waals surface area contributed by atoms with Crippen molar-refractivity contribution in [2.24, 2.45) is 0 Å². The normalized spacial score (nSPS) is 16.2. The van der Waals surface area contributed by atoms with Gasteiger partial charge in [0.25, 0.3) is 0 Å². The molecular formula is C25H33N7O2S. The molecule has 0 spiro atoms. The highest BCUT2D eigenvalue weighted by Crippen LogP contribution is 2.37. The zero-order valence-corrected chi connectivity index (χ0v) is 21.9. The Balaban J connectivity index is 1.48. The van der Waals surface area contributed by atoms with E-state index in [1.165, 1.54) is 17.4 Å². The number of nitrogens with zero attached hydrogens (tertiary/aromatic N) is 6. The minimum Gasteiger partial charge on any atom is -0.338 e. The van der Waals surface area contributed by atoms with Gasteiger partial charge in [-0.25, -0.2) is 27.9 Å². The van der Waals surface area contributed by atoms with E-state index >= 15 is 0 Å². The Morgan fingerprint density at radius 1 is 1.14 bits per heavy atom. The second-order valence-corrected chi connectivity index (χ2v) is 12.4. The number of hydrogen-bond donors (Lipinski definition) is 1. The molecule has 1 saturated heterocycles. The number of aryl methyl sites for hydroxylation is 1. The summed E-state index contributed by atoms with van der Waals surface area (Å²) < 4.78 is 24.9. The zero-order valence-electron chi connectivity index (χ0n) is 21.0. The highest BCUT2D eigenvalue weighted by Gasteiger charge is 2.25. The van der Waals surface area contributed by atoms with Crippen LogP contribution in [0.1, 0.15) is 60.9 Å². The average Bonchev–Trinajstić information content (AvgIpc) is 3.44. The van der Waals surface area contributed by atoms with E-state index < -0.39 is 9.84 Å². The van der Waals surface area contributed by atoms with Gasteiger partial charge in [-0.15, -0.1) is 0 Å². The average molecular weight is 496 g/mol. The summed E-state index contributed by atoms with van der Waals surface area (Å²) >= 11 is 0. The summed E-state index contributed by atoms with van der Waals surface area (Å²) in [6.45, 7) is 10.9. The molecule has 10 heteroatoms. The summed E-state index contributed by atoms with van der Waals surface area (Å²) in [6.07, 6.45) is 8.74. The van der Waals surface area contributed by atoms with Gasteiger partial charge in [-0.3, -0.25) is 0 Å². The molecule has 0 bridgehead atoms. The Bertz CT molecular complexity index is 1500. The largest absolute Gasteiger partial charge is 0.338 e. The molecule has 1 N–H and O–H groups in total. The van der Waals surface area contributed by atoms with Gasteiger partial charge in [0.05, 0.1) is 23.3 Å². The molecule has 0 atom stereocenters. The molecule has 4 aromatic heterocycles. The number of piperidine rings is 1. The molecule has 5 heterocycles. The number of aromatic amines is 1. The highest BCUT2D eigenvalue weighted by atomic mass is 32.2. The Hall–Kier alpha value is -2.85. The lowest BCUT2D eigenvalue weighted by Crippen LogP contribution is -2.36. The summed E-state index contributed by atoms with van der Waals surface area (Å²) in [7, 11) is -2.94. The van der Waals surface area contributed by atoms with Crippen molar-refractivity contribution in [3.63, 3.8) is 0 Å². The maximum absolute atomic E-state index is 11.5. The number of aromatic nitrogens is 6. The standard InChI is InChI=1S/C25H33N7O2S/c1-15(2)21-22(19-13-32-25(27-14-28-32)17(4)16(19)3)30-24-23(21)29-20(12-26-24)18-6-8-31(9-7-18)10-11-35(5,33)34/h12-15,18H,6-11H2,1-5H3,(H,26,30). The molecule has 0 radical (unpaired) electrons. The molecule has 9 nitrogen and oxygen atoms in total. The van der Waals surface area contributed by atoms with Crippen LogP contribution in [0.3, 0.4) is 0 Å². The summed E-state index contributed by atoms with van der Waals surface area (Å²) in [5, 5.41) is 4.37. The predicted molar refractivity (Wildman–Crippen MR) is 138 cm³/mol. The van der Waals surface area contributed by atoms with Gasteiger partial charge in [0.15, 0.2) is 11.3 Å². The molecule has 4 aromatic rings. The van der Waals surface area contributed by atoms with Gasteiger partial charge < -0.3 is 9.88 Å². The molecule has 0 aromatic carbocycles. The van der Waals surface area contributed by atoms with Crippen molar-refractivity contribution in [3.8, 4) is 11.3 Å². The van der Waals surface area contributed by atoms with Gasteiger partial charge in [0.1, 0.15) is 21.7 Å². The van der Waals surface area contributed by atoms with Crippen molar-refractivity contribution < 1.29 is 8.42 Å². The number of rotatable bonds is 6. The summed E-state index contributed by atoms with van der Waals surface area (Å²) in [4.78, 5) is 20.1. The predicted octanol–water partition coefficient (Wildman–Crippen LogP) is 3.63. The molecule has 0 amide bonds. The lowest BCUT2D eigenvalue weighted by Gasteiger charge is -2.31. The Labute approximate surface area is 205 Å². The van der Waals surface area contributed by atoms with E-state index in [0.29, 0.717) is 12.5 Å². The Morgan fingerprint density at radius 2 is 1.89 bits per heavy atom. The van der Waals surface area contributed by atoms with Crippen LogP contribution in [0.2, 0.25) is 0 Å². The van der Waals surface area contributed by atoms with Crippen LogP contribution in [-0.4, -0.2) is 74.5 Å². The molecular weight excluding hydrogens is 462 g/mol. The van der Waals surface area contributed by atoms with E-state index in [4.69, 9.17) is 9.97 Å². The first kappa shape index (κ1) is 23.9. The highest BCUT2D eigenvalue weighted by molar-refractivity contribution is 7.90. The molecule has 0 unspecified atom stereocenters. The zero-order chi connectivity index (χ0) is 24.9. The summed E-state index contributed by atoms with van der Waals surface area (Å²) in [6, 6.07) is 0. The number of fused-ring (bicyclic) bond motifs is 2. The first-order chi connectivity index (χ1) is 16.6. The smallest absolute Gasteiger partial charge is 0.158 e. The third-order valence-corrected chi connectivity index (χ3v) is 8.24. The van der Waals surface area contributed by atoms with E-state index in [0.717, 1.165) is 65.3 Å². The second kappa shape index (κ2) is 8.98. The first-order valence-corrected chi connectivity index (χ1v) is 14.3. The van der Waals surface area contributed by atoms with Crippen LogP contribution < -0.4 is 0 Å². The number of H-pyrrole nitrogens is 1. The molecule has 1 fully saturated rings. The molecule has 186 valence electrons. The van der Waals surface area contributed by atoms with Crippen molar-refractivity contribution in [1.82, 2.24) is 34.4 Å². The molecule has 35 heavy (non-hydrogen) atoms. The van der Waals surface area contributed by atoms with E-state index in [-0.39, 0.29) is 11.7 Å². The third kappa shape index (κ3) is 4.56. The summed E-state index contributed by atoms with van der Waals surface area (Å²) in [5.74, 6) is 0.801. The third-order valence-electron chi connectivity index (χ3n) is 7.32. The van der Waals surface area contributed by atoms with E-state index in [1.54, 1.807) is 6.33 Å². The number of likely N-dealkylation sites (tertiary alicyclic amines) is 1. The molecule has 1 aliphatic heterocycles. The van der Waals surface area contributed by atoms with Gasteiger partial charge in [0.2, 0.25) is 0 Å². The van der Waals surface area contributed by atoms with Gasteiger partial charge in [-0.1, -0.05) is 13.8 Å². The number of nitrogens with one attached hydrogen (secondary N) is 1. The van der Waals surface area contributed by atoms with Crippen LogP contribution >= 0.6 is 0 Å². The number of pyridine rings is 1. The minimum atomic E-state index is -2.94. The first-order valence-electron chi connectivity index (χ1n) is 12.2. The van der Waals surface area contributed by atoms with Gasteiger partial charge in [0, 0.05) is 36.0 Å². The SMILES string of the molecule is Cc1c(-c2[nH]c3ncc(C4CCN(CCS(C)(=O)=O)CC4)nc3c2C(C)C)cn2ncnc2c1C. The van der Waals surface area contributed by atoms with Gasteiger partial charge in [-0.05, 0) is 56.8 Å². The lowest BCUT2D eigenvalue weighted by atomic mass is 9.93. The van der Waals surface area contributed by atoms with Crippen molar-refractivity contribution in [2.75, 3.05) is 31.6 Å². The van der Waals surface area contributed by atoms with Crippen molar-refractivity contribution in [1.29, 1.82) is 0 Å². The monoisotopic (exact) mass is 495 g/mol. The van der Waals surface area contributed by atoms with Crippen molar-refractivity contribution in [3.05, 3.63) is 41.1 Å². The van der Waals surface area contributed by atoms with Crippen LogP contribution in [0.5, 0.6) is 0 Å². The van der Waals surface area contributed by atoms with Crippen LogP contribution in [0.25, 0.3) is 28.1 Å². The fourth-order valence-corrected chi connectivity index (χ4v) is 5.75. The molecule has 0 saturated carbocycles. The fraction of sp³-hybridized carbons (Fsp3) is 0.520. The summed E-state index contributed by atoms with van der Waals surface area (Å²) in [5.41, 5.74) is 9.20. The molecule has 0 aliphatic carbocycles. The van der Waals surface area contributed by atoms with E-state index in [9.17, 15) is 8.42 Å². The van der Waals surface area contributed by atoms with Crippen LogP contribution in [0.4, 0.5) is 0 Å². The topological polar surface area (TPSA) is 109 Å². The van der Waals surface area contributed by atoms with Crippen molar-refractivity contribution in [2.45, 2.75) is 52.4 Å². The Morgan fingerprint density at radius 3 is 2.57 bits per heavy atom. The van der Waals surface area contributed by atoms with Crippen LogP contribution in [0.15, 0.2) is 18.7 Å². The number of sulfone groups is 1. The lowest BCUT2D eigenvalue weighted by molar-refractivity contribution is 0.221. The fourth-order valence-electron chi connectivity index (χ4n) is 5.16. The van der Waals surface area contributed by atoms with Crippen molar-refractivity contribution >= 4 is 26.6 Å². The number of hydrogen-bond acceptors (Lipinski definition) is 7.